The molecule has 0 saturated carbocycles. The van der Waals surface area contributed by atoms with Crippen LogP contribution in [0.2, 0.25) is 0 Å². The van der Waals surface area contributed by atoms with Crippen molar-refractivity contribution in [2.45, 2.75) is 38.0 Å². The molecular formula is C24H34BrN5O4S. The van der Waals surface area contributed by atoms with E-state index in [4.69, 9.17) is 4.74 Å². The summed E-state index contributed by atoms with van der Waals surface area (Å²) in [6.45, 7) is 7.39. The lowest BCUT2D eigenvalue weighted by molar-refractivity contribution is 0.180. The molecule has 0 spiro atoms. The molecule has 1 aromatic carbocycles. The van der Waals surface area contributed by atoms with Crippen molar-refractivity contribution in [2.24, 2.45) is 5.92 Å². The molecule has 2 amide bonds. The fourth-order valence-electron chi connectivity index (χ4n) is 4.24. The number of pyridine rings is 1. The standard InChI is InChI=1S/C24H34BrN5O4S/c1-17-14-21(15-18(2)28-17)29-24(31)26-10-13-30-11-7-19(8-12-30)6-9-27-35(32,33)23-16-20(25)4-5-22(23)34-3/h4-5,14-16,19,27H,6-13H2,1-3H3,(H2,26,28,29,31). The number of likely N-dealkylation sites (tertiary alicyclic amines) is 1. The topological polar surface area (TPSA) is 113 Å². The summed E-state index contributed by atoms with van der Waals surface area (Å²) in [5.74, 6) is 0.787. The normalized spacial score (nSPS) is 15.1. The summed E-state index contributed by atoms with van der Waals surface area (Å²) >= 11 is 3.32. The van der Waals surface area contributed by atoms with E-state index >= 15 is 0 Å². The zero-order valence-electron chi connectivity index (χ0n) is 20.4. The zero-order chi connectivity index (χ0) is 25.4. The third kappa shape index (κ3) is 8.45. The number of amides is 2. The van der Waals surface area contributed by atoms with Gasteiger partial charge in [-0.2, -0.15) is 0 Å². The molecule has 2 heterocycles. The number of aryl methyl sites for hydroxylation is 2. The van der Waals surface area contributed by atoms with Gasteiger partial charge in [-0.1, -0.05) is 15.9 Å². The van der Waals surface area contributed by atoms with E-state index in [1.165, 1.54) is 7.11 Å². The first kappa shape index (κ1) is 27.4. The lowest BCUT2D eigenvalue weighted by atomic mass is 9.94. The summed E-state index contributed by atoms with van der Waals surface area (Å²) in [6.07, 6.45) is 2.79. The Morgan fingerprint density at radius 3 is 2.49 bits per heavy atom. The molecule has 1 aliphatic heterocycles. The molecule has 1 saturated heterocycles. The summed E-state index contributed by atoms with van der Waals surface area (Å²) in [6, 6.07) is 8.38. The predicted molar refractivity (Wildman–Crippen MR) is 140 cm³/mol. The largest absolute Gasteiger partial charge is 0.495 e. The maximum Gasteiger partial charge on any atom is 0.319 e. The quantitative estimate of drug-likeness (QED) is 0.403. The second-order valence-corrected chi connectivity index (χ2v) is 11.4. The Bertz CT molecular complexity index is 1100. The Balaban J connectivity index is 1.34. The van der Waals surface area contributed by atoms with E-state index in [0.29, 0.717) is 29.2 Å². The van der Waals surface area contributed by atoms with Crippen molar-refractivity contribution in [1.29, 1.82) is 0 Å². The molecule has 0 aliphatic carbocycles. The van der Waals surface area contributed by atoms with Crippen LogP contribution in [0.5, 0.6) is 5.75 Å². The molecule has 3 N–H and O–H groups in total. The van der Waals surface area contributed by atoms with Gasteiger partial charge < -0.3 is 20.3 Å². The van der Waals surface area contributed by atoms with Crippen LogP contribution in [0.25, 0.3) is 0 Å². The van der Waals surface area contributed by atoms with Crippen LogP contribution >= 0.6 is 15.9 Å². The molecule has 2 aromatic rings. The molecule has 0 atom stereocenters. The van der Waals surface area contributed by atoms with Crippen LogP contribution in [0.15, 0.2) is 39.7 Å². The highest BCUT2D eigenvalue weighted by atomic mass is 79.9. The van der Waals surface area contributed by atoms with Crippen LogP contribution in [-0.2, 0) is 10.0 Å². The third-order valence-electron chi connectivity index (χ3n) is 6.02. The molecule has 0 radical (unpaired) electrons. The molecule has 0 bridgehead atoms. The number of ether oxygens (including phenoxy) is 1. The Labute approximate surface area is 216 Å². The second-order valence-electron chi connectivity index (χ2n) is 8.79. The van der Waals surface area contributed by atoms with Gasteiger partial charge in [0.15, 0.2) is 0 Å². The summed E-state index contributed by atoms with van der Waals surface area (Å²) < 4.78 is 34.0. The van der Waals surface area contributed by atoms with Crippen molar-refractivity contribution in [3.63, 3.8) is 0 Å². The monoisotopic (exact) mass is 567 g/mol. The number of carbonyl (C=O) groups is 1. The zero-order valence-corrected chi connectivity index (χ0v) is 22.8. The van der Waals surface area contributed by atoms with E-state index in [9.17, 15) is 13.2 Å². The van der Waals surface area contributed by atoms with Crippen molar-refractivity contribution in [3.05, 3.63) is 46.2 Å². The number of nitrogens with zero attached hydrogens (tertiary/aromatic N) is 2. The Morgan fingerprint density at radius 1 is 1.14 bits per heavy atom. The maximum atomic E-state index is 12.7. The van der Waals surface area contributed by atoms with Gasteiger partial charge in [0, 0.05) is 41.2 Å². The number of anilines is 1. The molecule has 192 valence electrons. The van der Waals surface area contributed by atoms with Crippen molar-refractivity contribution in [2.75, 3.05) is 45.2 Å². The minimum absolute atomic E-state index is 0.134. The van der Waals surface area contributed by atoms with Crippen molar-refractivity contribution < 1.29 is 17.9 Å². The number of halogens is 1. The third-order valence-corrected chi connectivity index (χ3v) is 8.00. The van der Waals surface area contributed by atoms with E-state index in [1.54, 1.807) is 18.2 Å². The lowest BCUT2D eigenvalue weighted by Gasteiger charge is -2.32. The summed E-state index contributed by atoms with van der Waals surface area (Å²) in [7, 11) is -2.19. The number of urea groups is 1. The van der Waals surface area contributed by atoms with Crippen LogP contribution in [0.4, 0.5) is 10.5 Å². The first-order chi connectivity index (χ1) is 16.7. The number of sulfonamides is 1. The highest BCUT2D eigenvalue weighted by Gasteiger charge is 2.22. The smallest absolute Gasteiger partial charge is 0.319 e. The Kier molecular flexibility index (Phi) is 9.90. The van der Waals surface area contributed by atoms with Gasteiger partial charge in [-0.3, -0.25) is 4.98 Å². The minimum atomic E-state index is -3.65. The van der Waals surface area contributed by atoms with Gasteiger partial charge in [-0.05, 0) is 82.4 Å². The predicted octanol–water partition coefficient (Wildman–Crippen LogP) is 3.67. The molecule has 9 nitrogen and oxygen atoms in total. The first-order valence-electron chi connectivity index (χ1n) is 11.7. The number of nitrogens with one attached hydrogen (secondary N) is 3. The van der Waals surface area contributed by atoms with Gasteiger partial charge in [-0.15, -0.1) is 0 Å². The first-order valence-corrected chi connectivity index (χ1v) is 14.0. The van der Waals surface area contributed by atoms with Crippen LogP contribution < -0.4 is 20.1 Å². The summed E-state index contributed by atoms with van der Waals surface area (Å²) in [5.41, 5.74) is 2.47. The highest BCUT2D eigenvalue weighted by molar-refractivity contribution is 9.10. The molecule has 1 aromatic heterocycles. The van der Waals surface area contributed by atoms with Crippen molar-refractivity contribution >= 4 is 37.7 Å². The number of hydrogen-bond donors (Lipinski definition) is 3. The average molecular weight is 569 g/mol. The number of rotatable bonds is 10. The molecule has 1 fully saturated rings. The van der Waals surface area contributed by atoms with Crippen molar-refractivity contribution in [1.82, 2.24) is 19.9 Å². The molecule has 11 heteroatoms. The van der Waals surface area contributed by atoms with Gasteiger partial charge in [-0.25, -0.2) is 17.9 Å². The van der Waals surface area contributed by atoms with Crippen LogP contribution in [0.1, 0.15) is 30.7 Å². The Hall–Kier alpha value is -2.21. The minimum Gasteiger partial charge on any atom is -0.495 e. The van der Waals surface area contributed by atoms with E-state index in [0.717, 1.165) is 56.0 Å². The van der Waals surface area contributed by atoms with E-state index in [2.05, 4.69) is 41.2 Å². The van der Waals surface area contributed by atoms with Gasteiger partial charge >= 0.3 is 6.03 Å². The lowest BCUT2D eigenvalue weighted by Crippen LogP contribution is -2.41. The number of benzene rings is 1. The SMILES string of the molecule is COc1ccc(Br)cc1S(=O)(=O)NCCC1CCN(CCNC(=O)Nc2cc(C)nc(C)c2)CC1. The molecule has 35 heavy (non-hydrogen) atoms. The number of aromatic nitrogens is 1. The molecule has 1 aliphatic rings. The average Bonchev–Trinajstić information content (AvgIpc) is 2.79. The number of hydrogen-bond acceptors (Lipinski definition) is 6. The summed E-state index contributed by atoms with van der Waals surface area (Å²) in [5, 5.41) is 5.76. The molecule has 0 unspecified atom stereocenters. The van der Waals surface area contributed by atoms with Crippen LogP contribution in [0, 0.1) is 19.8 Å². The highest BCUT2D eigenvalue weighted by Crippen LogP contribution is 2.27. The second kappa shape index (κ2) is 12.7. The fourth-order valence-corrected chi connectivity index (χ4v) is 6.00. The van der Waals surface area contributed by atoms with Gasteiger partial charge in [0.1, 0.15) is 10.6 Å². The number of methoxy groups -OCH3 is 1. The van der Waals surface area contributed by atoms with E-state index < -0.39 is 10.0 Å². The Morgan fingerprint density at radius 2 is 1.83 bits per heavy atom. The number of piperidine rings is 1. The van der Waals surface area contributed by atoms with Crippen molar-refractivity contribution in [3.8, 4) is 5.75 Å². The van der Waals surface area contributed by atoms with E-state index in [-0.39, 0.29) is 10.9 Å². The van der Waals surface area contributed by atoms with Gasteiger partial charge in [0.25, 0.3) is 0 Å². The van der Waals surface area contributed by atoms with Gasteiger partial charge in [0.2, 0.25) is 10.0 Å². The molecule has 3 rings (SSSR count). The maximum absolute atomic E-state index is 12.7. The van der Waals surface area contributed by atoms with E-state index in [1.807, 2.05) is 26.0 Å². The fraction of sp³-hybridized carbons (Fsp3) is 0.500. The van der Waals surface area contributed by atoms with Gasteiger partial charge in [0.05, 0.1) is 7.11 Å². The molecular weight excluding hydrogens is 534 g/mol. The van der Waals surface area contributed by atoms with Crippen LogP contribution in [-0.4, -0.2) is 64.2 Å². The van der Waals surface area contributed by atoms with Crippen LogP contribution in [0.3, 0.4) is 0 Å². The summed E-state index contributed by atoms with van der Waals surface area (Å²) in [4.78, 5) is 18.9. The number of carbonyl (C=O) groups excluding carboxylic acids is 1.